The van der Waals surface area contributed by atoms with Crippen LogP contribution in [-0.4, -0.2) is 41.2 Å². The van der Waals surface area contributed by atoms with Gasteiger partial charge < -0.3 is 9.80 Å². The maximum absolute atomic E-state index is 14.4. The topological polar surface area (TPSA) is 40.6 Å². The number of nitrogens with zero attached hydrogens (tertiary/aromatic N) is 2. The fourth-order valence-corrected chi connectivity index (χ4v) is 3.86. The molecule has 1 aromatic carbocycles. The molecule has 0 spiro atoms. The van der Waals surface area contributed by atoms with Crippen LogP contribution in [0.2, 0.25) is 0 Å². The highest BCUT2D eigenvalue weighted by Crippen LogP contribution is 2.39. The number of rotatable bonds is 3. The van der Waals surface area contributed by atoms with Crippen molar-refractivity contribution in [2.24, 2.45) is 5.92 Å². The van der Waals surface area contributed by atoms with E-state index in [0.29, 0.717) is 24.9 Å². The number of piperidine rings is 1. The molecule has 2 saturated heterocycles. The Hall–Kier alpha value is -1.91. The molecule has 4 nitrogen and oxygen atoms in total. The molecule has 5 heteroatoms. The highest BCUT2D eigenvalue weighted by molar-refractivity contribution is 5.85. The van der Waals surface area contributed by atoms with Gasteiger partial charge in [0.2, 0.25) is 11.8 Å². The Balaban J connectivity index is 1.97. The molecule has 0 bridgehead atoms. The second-order valence-electron chi connectivity index (χ2n) is 6.32. The van der Waals surface area contributed by atoms with Gasteiger partial charge >= 0.3 is 0 Å². The molecule has 1 aromatic rings. The number of likely N-dealkylation sites (tertiary alicyclic amines) is 2. The molecule has 2 amide bonds. The molecule has 2 aliphatic rings. The van der Waals surface area contributed by atoms with Gasteiger partial charge in [0.15, 0.2) is 0 Å². The fraction of sp³-hybridized carbons (Fsp3) is 0.556. The summed E-state index contributed by atoms with van der Waals surface area (Å²) >= 11 is 0. The summed E-state index contributed by atoms with van der Waals surface area (Å²) in [5.74, 6) is -0.611. The van der Waals surface area contributed by atoms with Crippen molar-refractivity contribution in [3.05, 3.63) is 35.6 Å². The van der Waals surface area contributed by atoms with Gasteiger partial charge in [-0.05, 0) is 32.3 Å². The summed E-state index contributed by atoms with van der Waals surface area (Å²) < 4.78 is 14.4. The standard InChI is InChI=1S/C18H23FN2O2/c1-2-21-16(22)10-9-14(18(23)20-11-5-6-12-20)17(21)13-7-3-4-8-15(13)19/h3-4,7-8,14,17H,2,5-6,9-12H2,1H3/t14-,17+/m1/s1. The molecular weight excluding hydrogens is 295 g/mol. The lowest BCUT2D eigenvalue weighted by atomic mass is 9.83. The second kappa shape index (κ2) is 6.69. The molecule has 2 heterocycles. The third kappa shape index (κ3) is 2.96. The number of carbonyl (C=O) groups is 2. The maximum atomic E-state index is 14.4. The molecule has 2 atom stereocenters. The number of benzene rings is 1. The predicted molar refractivity (Wildman–Crippen MR) is 85.1 cm³/mol. The van der Waals surface area contributed by atoms with Crippen molar-refractivity contribution in [1.82, 2.24) is 9.80 Å². The van der Waals surface area contributed by atoms with Crippen LogP contribution in [-0.2, 0) is 9.59 Å². The summed E-state index contributed by atoms with van der Waals surface area (Å²) in [4.78, 5) is 28.8. The summed E-state index contributed by atoms with van der Waals surface area (Å²) in [5.41, 5.74) is 0.458. The van der Waals surface area contributed by atoms with E-state index >= 15 is 0 Å². The van der Waals surface area contributed by atoms with E-state index in [-0.39, 0.29) is 23.5 Å². The Morgan fingerprint density at radius 1 is 1.26 bits per heavy atom. The van der Waals surface area contributed by atoms with Crippen LogP contribution in [0.15, 0.2) is 24.3 Å². The minimum atomic E-state index is -0.490. The molecule has 23 heavy (non-hydrogen) atoms. The van der Waals surface area contributed by atoms with Gasteiger partial charge in [-0.2, -0.15) is 0 Å². The lowest BCUT2D eigenvalue weighted by Gasteiger charge is -2.41. The normalized spacial score (nSPS) is 25.0. The van der Waals surface area contributed by atoms with Crippen LogP contribution in [0.3, 0.4) is 0 Å². The number of amides is 2. The Morgan fingerprint density at radius 2 is 1.96 bits per heavy atom. The van der Waals surface area contributed by atoms with Crippen LogP contribution in [0, 0.1) is 11.7 Å². The van der Waals surface area contributed by atoms with Crippen LogP contribution in [0.1, 0.15) is 44.2 Å². The van der Waals surface area contributed by atoms with E-state index in [1.165, 1.54) is 6.07 Å². The lowest BCUT2D eigenvalue weighted by molar-refractivity contribution is -0.147. The summed E-state index contributed by atoms with van der Waals surface area (Å²) in [6, 6.07) is 6.01. The summed E-state index contributed by atoms with van der Waals surface area (Å²) in [7, 11) is 0. The van der Waals surface area contributed by atoms with Crippen molar-refractivity contribution in [1.29, 1.82) is 0 Å². The van der Waals surface area contributed by atoms with E-state index in [1.54, 1.807) is 23.1 Å². The molecule has 0 saturated carbocycles. The van der Waals surface area contributed by atoms with Gasteiger partial charge in [0.05, 0.1) is 12.0 Å². The Bertz CT molecular complexity index is 598. The van der Waals surface area contributed by atoms with E-state index in [9.17, 15) is 14.0 Å². The zero-order chi connectivity index (χ0) is 16.4. The molecule has 3 rings (SSSR count). The molecule has 2 fully saturated rings. The molecule has 0 unspecified atom stereocenters. The van der Waals surface area contributed by atoms with Crippen molar-refractivity contribution in [3.8, 4) is 0 Å². The van der Waals surface area contributed by atoms with Gasteiger partial charge in [0.1, 0.15) is 5.82 Å². The predicted octanol–water partition coefficient (Wildman–Crippen LogP) is 2.75. The smallest absolute Gasteiger partial charge is 0.228 e. The summed E-state index contributed by atoms with van der Waals surface area (Å²) in [6.07, 6.45) is 2.92. The van der Waals surface area contributed by atoms with Crippen LogP contribution < -0.4 is 0 Å². The average molecular weight is 318 g/mol. The number of hydrogen-bond acceptors (Lipinski definition) is 2. The quantitative estimate of drug-likeness (QED) is 0.860. The molecule has 0 radical (unpaired) electrons. The monoisotopic (exact) mass is 318 g/mol. The first kappa shape index (κ1) is 16.0. The Labute approximate surface area is 136 Å². The fourth-order valence-electron chi connectivity index (χ4n) is 3.86. The van der Waals surface area contributed by atoms with Gasteiger partial charge in [-0.1, -0.05) is 18.2 Å². The zero-order valence-electron chi connectivity index (χ0n) is 13.5. The molecule has 2 aliphatic heterocycles. The van der Waals surface area contributed by atoms with E-state index < -0.39 is 6.04 Å². The van der Waals surface area contributed by atoms with Gasteiger partial charge in [0.25, 0.3) is 0 Å². The molecule has 0 aromatic heterocycles. The second-order valence-corrected chi connectivity index (χ2v) is 6.32. The largest absolute Gasteiger partial charge is 0.342 e. The molecule has 124 valence electrons. The van der Waals surface area contributed by atoms with Crippen LogP contribution in [0.25, 0.3) is 0 Å². The average Bonchev–Trinajstić information content (AvgIpc) is 3.09. The number of carbonyl (C=O) groups excluding carboxylic acids is 2. The lowest BCUT2D eigenvalue weighted by Crippen LogP contribution is -2.48. The zero-order valence-corrected chi connectivity index (χ0v) is 13.5. The van der Waals surface area contributed by atoms with Crippen molar-refractivity contribution in [2.75, 3.05) is 19.6 Å². The van der Waals surface area contributed by atoms with Gasteiger partial charge in [-0.3, -0.25) is 9.59 Å². The van der Waals surface area contributed by atoms with Gasteiger partial charge in [-0.25, -0.2) is 4.39 Å². The van der Waals surface area contributed by atoms with Crippen LogP contribution >= 0.6 is 0 Å². The van der Waals surface area contributed by atoms with Crippen LogP contribution in [0.4, 0.5) is 4.39 Å². The highest BCUT2D eigenvalue weighted by Gasteiger charge is 2.42. The van der Waals surface area contributed by atoms with Crippen molar-refractivity contribution < 1.29 is 14.0 Å². The van der Waals surface area contributed by atoms with Gasteiger partial charge in [0, 0.05) is 31.6 Å². The van der Waals surface area contributed by atoms with Gasteiger partial charge in [-0.15, -0.1) is 0 Å². The maximum Gasteiger partial charge on any atom is 0.228 e. The third-order valence-electron chi connectivity index (χ3n) is 5.01. The van der Waals surface area contributed by atoms with Crippen LogP contribution in [0.5, 0.6) is 0 Å². The molecule has 0 N–H and O–H groups in total. The minimum absolute atomic E-state index is 0.00576. The first-order chi connectivity index (χ1) is 11.1. The number of hydrogen-bond donors (Lipinski definition) is 0. The van der Waals surface area contributed by atoms with Crippen molar-refractivity contribution >= 4 is 11.8 Å². The van der Waals surface area contributed by atoms with Crippen molar-refractivity contribution in [3.63, 3.8) is 0 Å². The first-order valence-corrected chi connectivity index (χ1v) is 8.46. The van der Waals surface area contributed by atoms with Crippen molar-refractivity contribution in [2.45, 2.75) is 38.6 Å². The van der Waals surface area contributed by atoms with E-state index in [2.05, 4.69) is 0 Å². The highest BCUT2D eigenvalue weighted by atomic mass is 19.1. The summed E-state index contributed by atoms with van der Waals surface area (Å²) in [5, 5.41) is 0. The Morgan fingerprint density at radius 3 is 2.61 bits per heavy atom. The first-order valence-electron chi connectivity index (χ1n) is 8.46. The SMILES string of the molecule is CCN1C(=O)CC[C@@H](C(=O)N2CCCC2)[C@@H]1c1ccccc1F. The van der Waals surface area contributed by atoms with E-state index in [0.717, 1.165) is 25.9 Å². The molecule has 0 aliphatic carbocycles. The minimum Gasteiger partial charge on any atom is -0.342 e. The number of halogens is 1. The third-order valence-corrected chi connectivity index (χ3v) is 5.01. The Kier molecular flexibility index (Phi) is 4.64. The molecular formula is C18H23FN2O2. The van der Waals surface area contributed by atoms with E-state index in [1.807, 2.05) is 11.8 Å². The summed E-state index contributed by atoms with van der Waals surface area (Å²) in [6.45, 7) is 3.93. The van der Waals surface area contributed by atoms with E-state index in [4.69, 9.17) is 0 Å².